The summed E-state index contributed by atoms with van der Waals surface area (Å²) in [5, 5.41) is 21.1. The summed E-state index contributed by atoms with van der Waals surface area (Å²) in [5.74, 6) is 0.236. The molecule has 2 aromatic carbocycles. The molecule has 0 aliphatic carbocycles. The Labute approximate surface area is 176 Å². The Morgan fingerprint density at radius 1 is 1.11 bits per heavy atom. The third kappa shape index (κ3) is 4.03. The van der Waals surface area contributed by atoms with Crippen molar-refractivity contribution in [1.82, 2.24) is 9.97 Å². The van der Waals surface area contributed by atoms with E-state index < -0.39 is 0 Å². The lowest BCUT2D eigenvalue weighted by molar-refractivity contribution is 0.453. The van der Waals surface area contributed by atoms with Crippen LogP contribution < -0.4 is 15.8 Å². The van der Waals surface area contributed by atoms with Crippen LogP contribution in [0.2, 0.25) is 0 Å². The van der Waals surface area contributed by atoms with E-state index in [0.717, 1.165) is 0 Å². The molecule has 0 atom stereocenters. The first kappa shape index (κ1) is 14.4. The molecular formula is C20H15BrN6O. The number of rotatable bonds is 4. The molecule has 0 spiro atoms. The highest BCUT2D eigenvalue weighted by atomic mass is 79.9. The maximum absolute atomic E-state index is 9.23. The smallest absolute Gasteiger partial charge is 0.240 e. The van der Waals surface area contributed by atoms with Gasteiger partial charge >= 0.3 is 0 Å². The van der Waals surface area contributed by atoms with Crippen molar-refractivity contribution in [2.24, 2.45) is 0 Å². The maximum atomic E-state index is 9.23. The monoisotopic (exact) mass is 438 g/mol. The molecule has 0 unspecified atom stereocenters. The van der Waals surface area contributed by atoms with E-state index in [1.54, 1.807) is 19.9 Å². The van der Waals surface area contributed by atoms with Gasteiger partial charge in [-0.15, -0.1) is 0 Å². The van der Waals surface area contributed by atoms with Crippen molar-refractivity contribution in [3.63, 3.8) is 0 Å². The van der Waals surface area contributed by atoms with Crippen LogP contribution in [0.5, 0.6) is 11.6 Å². The van der Waals surface area contributed by atoms with Crippen molar-refractivity contribution in [1.29, 1.82) is 10.5 Å². The second-order valence-electron chi connectivity index (χ2n) is 5.61. The average molecular weight is 439 g/mol. The van der Waals surface area contributed by atoms with Crippen molar-refractivity contribution in [3.05, 3.63) is 63.0 Å². The first-order valence-electron chi connectivity index (χ1n) is 9.88. The predicted octanol–water partition coefficient (Wildman–Crippen LogP) is 4.72. The van der Waals surface area contributed by atoms with E-state index >= 15 is 0 Å². The molecule has 0 amide bonds. The van der Waals surface area contributed by atoms with Crippen LogP contribution in [0.3, 0.4) is 0 Å². The number of nitrogen functional groups attached to an aromatic ring is 1. The van der Waals surface area contributed by atoms with Gasteiger partial charge in [0.25, 0.3) is 0 Å². The van der Waals surface area contributed by atoms with Crippen molar-refractivity contribution in [3.8, 4) is 23.8 Å². The minimum Gasteiger partial charge on any atom is -0.437 e. The van der Waals surface area contributed by atoms with Gasteiger partial charge in [-0.05, 0) is 77.2 Å². The van der Waals surface area contributed by atoms with E-state index in [9.17, 15) is 5.26 Å². The average Bonchev–Trinajstić information content (AvgIpc) is 2.73. The summed E-state index contributed by atoms with van der Waals surface area (Å²) in [5.41, 5.74) is 6.89. The van der Waals surface area contributed by atoms with Crippen molar-refractivity contribution in [2.45, 2.75) is 13.8 Å². The summed E-state index contributed by atoms with van der Waals surface area (Å²) in [6.07, 6.45) is 0. The fourth-order valence-corrected chi connectivity index (χ4v) is 2.58. The molecule has 1 aromatic heterocycles. The predicted molar refractivity (Wildman–Crippen MR) is 109 cm³/mol. The number of benzene rings is 2. The number of hydrogen-bond donors (Lipinski definition) is 2. The molecule has 0 radical (unpaired) electrons. The molecule has 3 N–H and O–H groups in total. The van der Waals surface area contributed by atoms with Gasteiger partial charge in [0.2, 0.25) is 11.8 Å². The zero-order chi connectivity index (χ0) is 23.7. The topological polar surface area (TPSA) is 121 Å². The van der Waals surface area contributed by atoms with Crippen LogP contribution in [0.25, 0.3) is 0 Å². The lowest BCUT2D eigenvalue weighted by Gasteiger charge is -2.14. The number of nitrogens with zero attached hydrogens (tertiary/aromatic N) is 4. The molecule has 0 saturated carbocycles. The van der Waals surface area contributed by atoms with Gasteiger partial charge in [-0.25, -0.2) is 0 Å². The molecule has 0 bridgehead atoms. The number of ether oxygens (including phenoxy) is 1. The lowest BCUT2D eigenvalue weighted by Crippen LogP contribution is -2.04. The molecule has 1 heterocycles. The standard InChI is InChI=1S/C20H15BrN6O/c1-11-7-14(10-23)8-12(2)17(11)28-19-16(21)18(24)26-20(27-19)25-15-5-3-13(9-22)4-6-15/h3-8H,1-2H3,(H3,24,25,26,27)/i3D,4D,7D,8D. The van der Waals surface area contributed by atoms with Gasteiger partial charge in [-0.2, -0.15) is 20.5 Å². The first-order valence-corrected chi connectivity index (χ1v) is 8.68. The quantitative estimate of drug-likeness (QED) is 0.604. The number of nitrogens with one attached hydrogen (secondary N) is 1. The van der Waals surface area contributed by atoms with Crippen LogP contribution in [0.1, 0.15) is 27.7 Å². The summed E-state index contributed by atoms with van der Waals surface area (Å²) in [7, 11) is 0. The Kier molecular flexibility index (Phi) is 4.10. The van der Waals surface area contributed by atoms with Gasteiger partial charge in [0, 0.05) is 5.69 Å². The molecule has 0 aliphatic heterocycles. The fourth-order valence-electron chi connectivity index (χ4n) is 2.32. The molecule has 7 nitrogen and oxygen atoms in total. The van der Waals surface area contributed by atoms with Crippen LogP contribution >= 0.6 is 15.9 Å². The Bertz CT molecular complexity index is 1300. The molecule has 0 saturated heterocycles. The minimum absolute atomic E-state index is 0.000506. The van der Waals surface area contributed by atoms with E-state index in [0.29, 0.717) is 16.8 Å². The van der Waals surface area contributed by atoms with Crippen LogP contribution in [-0.4, -0.2) is 9.97 Å². The second-order valence-corrected chi connectivity index (χ2v) is 6.41. The van der Waals surface area contributed by atoms with Gasteiger partial charge in [-0.1, -0.05) is 0 Å². The number of nitrogens with two attached hydrogens (primary N) is 1. The molecule has 28 heavy (non-hydrogen) atoms. The lowest BCUT2D eigenvalue weighted by atomic mass is 10.1. The molecule has 3 rings (SSSR count). The molecule has 3 aromatic rings. The summed E-state index contributed by atoms with van der Waals surface area (Å²) in [6, 6.07) is 5.90. The second kappa shape index (κ2) is 7.95. The summed E-state index contributed by atoms with van der Waals surface area (Å²) < 4.78 is 38.1. The van der Waals surface area contributed by atoms with Crippen molar-refractivity contribution < 1.29 is 10.2 Å². The minimum atomic E-state index is -0.126. The molecular weight excluding hydrogens is 420 g/mol. The normalized spacial score (nSPS) is 12.0. The van der Waals surface area contributed by atoms with Crippen molar-refractivity contribution >= 4 is 33.4 Å². The number of anilines is 3. The molecule has 138 valence electrons. The Balaban J connectivity index is 2.05. The maximum Gasteiger partial charge on any atom is 0.240 e. The molecule has 0 aliphatic rings. The van der Waals surface area contributed by atoms with Crippen molar-refractivity contribution in [2.75, 3.05) is 11.1 Å². The van der Waals surface area contributed by atoms with Crippen LogP contribution in [0.4, 0.5) is 17.5 Å². The number of halogens is 1. The zero-order valence-corrected chi connectivity index (χ0v) is 16.4. The SMILES string of the molecule is [2H]c1cc(Nc2nc(N)c(Br)c(Oc3c(C)c([2H])c(C#N)c([2H])c3C)n2)cc([2H])c1C#N. The highest BCUT2D eigenvalue weighted by Crippen LogP contribution is 2.36. The first-order chi connectivity index (χ1) is 15.1. The Hall–Kier alpha value is -3.62. The third-order valence-corrected chi connectivity index (χ3v) is 4.32. The third-order valence-electron chi connectivity index (χ3n) is 3.58. The van der Waals surface area contributed by atoms with E-state index in [4.69, 9.17) is 21.2 Å². The van der Waals surface area contributed by atoms with Crippen LogP contribution in [0.15, 0.2) is 40.8 Å². The van der Waals surface area contributed by atoms with E-state index in [1.807, 2.05) is 6.07 Å². The van der Waals surface area contributed by atoms with E-state index in [2.05, 4.69) is 31.2 Å². The Morgan fingerprint density at radius 2 is 1.71 bits per heavy atom. The van der Waals surface area contributed by atoms with Gasteiger partial charge in [0.15, 0.2) is 0 Å². The zero-order valence-electron chi connectivity index (χ0n) is 18.8. The van der Waals surface area contributed by atoms with E-state index in [-0.39, 0.29) is 63.2 Å². The highest BCUT2D eigenvalue weighted by molar-refractivity contribution is 9.10. The van der Waals surface area contributed by atoms with Crippen LogP contribution in [-0.2, 0) is 0 Å². The highest BCUT2D eigenvalue weighted by Gasteiger charge is 2.16. The molecule has 0 fully saturated rings. The number of hydrogen-bond acceptors (Lipinski definition) is 7. The van der Waals surface area contributed by atoms with Crippen LogP contribution in [0, 0.1) is 36.5 Å². The number of nitriles is 2. The molecule has 8 heteroatoms. The van der Waals surface area contributed by atoms with Gasteiger partial charge in [-0.3, -0.25) is 0 Å². The van der Waals surface area contributed by atoms with E-state index in [1.165, 1.54) is 12.1 Å². The van der Waals surface area contributed by atoms with Gasteiger partial charge < -0.3 is 15.8 Å². The summed E-state index contributed by atoms with van der Waals surface area (Å²) in [4.78, 5) is 8.37. The van der Waals surface area contributed by atoms with Gasteiger partial charge in [0.05, 0.1) is 28.7 Å². The Morgan fingerprint density at radius 3 is 2.29 bits per heavy atom. The largest absolute Gasteiger partial charge is 0.437 e. The fraction of sp³-hybridized carbons (Fsp3) is 0.100. The number of aromatic nitrogens is 2. The van der Waals surface area contributed by atoms with Gasteiger partial charge in [0.1, 0.15) is 16.0 Å². The summed E-state index contributed by atoms with van der Waals surface area (Å²) >= 11 is 3.27. The summed E-state index contributed by atoms with van der Waals surface area (Å²) in [6.45, 7) is 3.20.